The number of nitrogens with zero attached hydrogens (tertiary/aromatic N) is 1. The molecular formula is C9H19NO6P2-2. The van der Waals surface area contributed by atoms with Crippen molar-refractivity contribution in [2.24, 2.45) is 0 Å². The first-order valence-corrected chi connectivity index (χ1v) is 8.39. The van der Waals surface area contributed by atoms with Gasteiger partial charge in [-0.05, 0) is 12.8 Å². The Hall–Kier alpha value is 0.420. The number of rotatable bonds is 6. The second kappa shape index (κ2) is 6.73. The summed E-state index contributed by atoms with van der Waals surface area (Å²) in [6.45, 7) is 4.96. The van der Waals surface area contributed by atoms with Gasteiger partial charge in [0.2, 0.25) is 0 Å². The van der Waals surface area contributed by atoms with Gasteiger partial charge in [-0.3, -0.25) is 4.52 Å². The molecule has 1 aliphatic rings. The van der Waals surface area contributed by atoms with E-state index in [0.717, 1.165) is 12.8 Å². The van der Waals surface area contributed by atoms with Crippen LogP contribution in [0.1, 0.15) is 26.7 Å². The normalized spacial score (nSPS) is 24.1. The van der Waals surface area contributed by atoms with Crippen LogP contribution in [0.2, 0.25) is 0 Å². The SMILES string of the molecule is CCC1(CC)CN(P(=O)(OC)OP([O-])[O-])CCO1. The molecule has 1 heterocycles. The fourth-order valence-corrected chi connectivity index (χ4v) is 4.34. The van der Waals surface area contributed by atoms with E-state index in [1.807, 2.05) is 13.8 Å². The van der Waals surface area contributed by atoms with E-state index in [2.05, 4.69) is 4.31 Å². The zero-order valence-corrected chi connectivity index (χ0v) is 12.6. The van der Waals surface area contributed by atoms with Gasteiger partial charge in [-0.25, -0.2) is 9.24 Å². The van der Waals surface area contributed by atoms with Gasteiger partial charge in [0.1, 0.15) is 0 Å². The standard InChI is InChI=1S/C9H19NO6P2/c1-4-9(5-2)8-10(6-7-15-9)18(13,14-3)16-17(11)12/h4-8H2,1-3H3/q-2. The molecule has 7 nitrogen and oxygen atoms in total. The summed E-state index contributed by atoms with van der Waals surface area (Å²) in [6, 6.07) is 0. The Morgan fingerprint density at radius 3 is 2.50 bits per heavy atom. The third-order valence-electron chi connectivity index (χ3n) is 3.26. The number of morpholine rings is 1. The lowest BCUT2D eigenvalue weighted by molar-refractivity contribution is -0.311. The van der Waals surface area contributed by atoms with Crippen molar-refractivity contribution in [3.8, 4) is 0 Å². The summed E-state index contributed by atoms with van der Waals surface area (Å²) in [6.07, 6.45) is 1.49. The molecule has 1 fully saturated rings. The molecule has 1 aliphatic heterocycles. The van der Waals surface area contributed by atoms with Gasteiger partial charge in [-0.1, -0.05) is 13.8 Å². The first kappa shape index (κ1) is 16.5. The van der Waals surface area contributed by atoms with Crippen LogP contribution in [0.4, 0.5) is 0 Å². The van der Waals surface area contributed by atoms with Crippen molar-refractivity contribution in [1.82, 2.24) is 4.67 Å². The fourth-order valence-electron chi connectivity index (χ4n) is 2.00. The van der Waals surface area contributed by atoms with Gasteiger partial charge in [0.15, 0.2) is 0 Å². The fraction of sp³-hybridized carbons (Fsp3) is 1.00. The maximum Gasteiger partial charge on any atom is 0.408 e. The van der Waals surface area contributed by atoms with Gasteiger partial charge < -0.3 is 18.8 Å². The summed E-state index contributed by atoms with van der Waals surface area (Å²) in [7, 11) is -5.83. The van der Waals surface area contributed by atoms with Crippen LogP contribution in [0.25, 0.3) is 0 Å². The van der Waals surface area contributed by atoms with Crippen LogP contribution >= 0.6 is 16.3 Å². The van der Waals surface area contributed by atoms with Crippen LogP contribution in [0.15, 0.2) is 0 Å². The molecule has 0 N–H and O–H groups in total. The minimum atomic E-state index is -3.78. The maximum absolute atomic E-state index is 12.3. The second-order valence-corrected chi connectivity index (χ2v) is 7.05. The Bertz CT molecular complexity index is 309. The molecule has 0 amide bonds. The number of hydrogen-bond acceptors (Lipinski definition) is 6. The molecule has 1 saturated heterocycles. The Labute approximate surface area is 109 Å². The lowest BCUT2D eigenvalue weighted by Crippen LogP contribution is -2.50. The Balaban J connectivity index is 2.84. The van der Waals surface area contributed by atoms with E-state index < -0.39 is 21.9 Å². The van der Waals surface area contributed by atoms with Crippen molar-refractivity contribution < 1.29 is 27.9 Å². The molecule has 0 aliphatic carbocycles. The van der Waals surface area contributed by atoms with Crippen LogP contribution in [-0.4, -0.2) is 37.1 Å². The monoisotopic (exact) mass is 299 g/mol. The summed E-state index contributed by atoms with van der Waals surface area (Å²) in [5.74, 6) is 0. The molecule has 0 saturated carbocycles. The van der Waals surface area contributed by atoms with Gasteiger partial charge in [0, 0.05) is 20.2 Å². The van der Waals surface area contributed by atoms with E-state index >= 15 is 0 Å². The maximum atomic E-state index is 12.3. The van der Waals surface area contributed by atoms with E-state index in [0.29, 0.717) is 19.7 Å². The lowest BCUT2D eigenvalue weighted by Gasteiger charge is -2.45. The average molecular weight is 299 g/mol. The molecule has 1 atom stereocenters. The first-order valence-electron chi connectivity index (χ1n) is 5.80. The van der Waals surface area contributed by atoms with Gasteiger partial charge in [0.25, 0.3) is 0 Å². The van der Waals surface area contributed by atoms with Gasteiger partial charge in [-0.15, -0.1) is 8.60 Å². The van der Waals surface area contributed by atoms with Crippen molar-refractivity contribution in [1.29, 1.82) is 0 Å². The predicted molar refractivity (Wildman–Crippen MR) is 63.5 cm³/mol. The largest absolute Gasteiger partial charge is 0.820 e. The van der Waals surface area contributed by atoms with Gasteiger partial charge >= 0.3 is 7.75 Å². The topological polar surface area (TPSA) is 94.1 Å². The van der Waals surface area contributed by atoms with Crippen molar-refractivity contribution in [2.75, 3.05) is 26.8 Å². The highest BCUT2D eigenvalue weighted by atomic mass is 31.3. The summed E-state index contributed by atoms with van der Waals surface area (Å²) in [5, 5.41) is 0. The molecule has 0 aromatic heterocycles. The predicted octanol–water partition coefficient (Wildman–Crippen LogP) is 0.596. The van der Waals surface area contributed by atoms with Crippen LogP contribution < -0.4 is 9.79 Å². The van der Waals surface area contributed by atoms with Crippen molar-refractivity contribution >= 4 is 16.3 Å². The van der Waals surface area contributed by atoms with Crippen molar-refractivity contribution in [3.05, 3.63) is 0 Å². The van der Waals surface area contributed by atoms with E-state index in [9.17, 15) is 14.4 Å². The minimum absolute atomic E-state index is 0.316. The molecule has 0 bridgehead atoms. The molecule has 0 aromatic carbocycles. The molecular weight excluding hydrogens is 280 g/mol. The average Bonchev–Trinajstić information content (AvgIpc) is 2.37. The summed E-state index contributed by atoms with van der Waals surface area (Å²) in [4.78, 5) is 21.2. The summed E-state index contributed by atoms with van der Waals surface area (Å²) in [5.41, 5.74) is -0.426. The van der Waals surface area contributed by atoms with Gasteiger partial charge in [-0.2, -0.15) is 0 Å². The van der Waals surface area contributed by atoms with Crippen molar-refractivity contribution in [3.63, 3.8) is 0 Å². The van der Waals surface area contributed by atoms with E-state index in [-0.39, 0.29) is 0 Å². The third-order valence-corrected chi connectivity index (χ3v) is 6.12. The smallest absolute Gasteiger partial charge is 0.408 e. The molecule has 0 radical (unpaired) electrons. The van der Waals surface area contributed by atoms with Crippen molar-refractivity contribution in [2.45, 2.75) is 32.3 Å². The van der Waals surface area contributed by atoms with Crippen LogP contribution in [-0.2, 0) is 18.1 Å². The van der Waals surface area contributed by atoms with Crippen LogP contribution in [0, 0.1) is 0 Å². The quantitative estimate of drug-likeness (QED) is 0.663. The molecule has 9 heteroatoms. The van der Waals surface area contributed by atoms with E-state index in [1.54, 1.807) is 0 Å². The lowest BCUT2D eigenvalue weighted by atomic mass is 9.96. The van der Waals surface area contributed by atoms with E-state index in [4.69, 9.17) is 9.26 Å². The van der Waals surface area contributed by atoms with Crippen LogP contribution in [0.3, 0.4) is 0 Å². The molecule has 18 heavy (non-hydrogen) atoms. The Morgan fingerprint density at radius 1 is 1.44 bits per heavy atom. The zero-order chi connectivity index (χ0) is 13.8. The van der Waals surface area contributed by atoms with Crippen LogP contribution in [0.5, 0.6) is 0 Å². The minimum Gasteiger partial charge on any atom is -0.820 e. The molecule has 1 rings (SSSR count). The highest BCUT2D eigenvalue weighted by Crippen LogP contribution is 2.58. The molecule has 0 spiro atoms. The Morgan fingerprint density at radius 2 is 2.06 bits per heavy atom. The molecule has 0 aromatic rings. The third kappa shape index (κ3) is 3.71. The number of hydrogen-bond donors (Lipinski definition) is 0. The highest BCUT2D eigenvalue weighted by Gasteiger charge is 2.42. The Kier molecular flexibility index (Phi) is 6.16. The second-order valence-electron chi connectivity index (χ2n) is 4.08. The zero-order valence-electron chi connectivity index (χ0n) is 10.8. The molecule has 1 unspecified atom stereocenters. The number of ether oxygens (including phenoxy) is 1. The van der Waals surface area contributed by atoms with Gasteiger partial charge in [0.05, 0.1) is 12.2 Å². The summed E-state index contributed by atoms with van der Waals surface area (Å²) >= 11 is 0. The first-order chi connectivity index (χ1) is 8.41. The molecule has 108 valence electrons. The summed E-state index contributed by atoms with van der Waals surface area (Å²) < 4.78 is 28.7. The van der Waals surface area contributed by atoms with E-state index in [1.165, 1.54) is 11.8 Å². The highest BCUT2D eigenvalue weighted by molar-refractivity contribution is 7.59.